The first-order valence-electron chi connectivity index (χ1n) is 18.1. The summed E-state index contributed by atoms with van der Waals surface area (Å²) in [6, 6.07) is 52.9. The van der Waals surface area contributed by atoms with E-state index in [-0.39, 0.29) is 0 Å². The number of para-hydroxylation sites is 2. The molecule has 0 atom stereocenters. The Bertz CT molecular complexity index is 2620. The quantitative estimate of drug-likeness (QED) is 0.172. The Hall–Kier alpha value is -6.44. The van der Waals surface area contributed by atoms with Crippen LogP contribution in [0.1, 0.15) is 41.7 Å². The number of rotatable bonds is 5. The summed E-state index contributed by atoms with van der Waals surface area (Å²) < 4.78 is 2.37. The maximum Gasteiger partial charge on any atom is 0.0541 e. The monoisotopic (exact) mass is 667 g/mol. The van der Waals surface area contributed by atoms with Gasteiger partial charge in [0.15, 0.2) is 0 Å². The topological polar surface area (TPSA) is 4.93 Å². The highest BCUT2D eigenvalue weighted by Gasteiger charge is 2.23. The van der Waals surface area contributed by atoms with Crippen molar-refractivity contribution in [2.75, 3.05) is 0 Å². The van der Waals surface area contributed by atoms with Crippen LogP contribution in [0.3, 0.4) is 0 Å². The highest BCUT2D eigenvalue weighted by atomic mass is 15.0. The van der Waals surface area contributed by atoms with Gasteiger partial charge in [-0.3, -0.25) is 0 Å². The van der Waals surface area contributed by atoms with Gasteiger partial charge in [-0.1, -0.05) is 152 Å². The van der Waals surface area contributed by atoms with Gasteiger partial charge in [-0.25, -0.2) is 0 Å². The fourth-order valence-electron chi connectivity index (χ4n) is 7.78. The van der Waals surface area contributed by atoms with E-state index in [9.17, 15) is 0 Å². The fraction of sp³-hybridized carbons (Fsp3) is 0.0588. The van der Waals surface area contributed by atoms with Gasteiger partial charge in [0.2, 0.25) is 0 Å². The molecule has 0 fully saturated rings. The van der Waals surface area contributed by atoms with Gasteiger partial charge in [0, 0.05) is 16.5 Å². The van der Waals surface area contributed by atoms with E-state index in [2.05, 4.69) is 207 Å². The van der Waals surface area contributed by atoms with Gasteiger partial charge in [-0.15, -0.1) is 0 Å². The van der Waals surface area contributed by atoms with Gasteiger partial charge in [0.25, 0.3) is 0 Å². The molecule has 52 heavy (non-hydrogen) atoms. The zero-order chi connectivity index (χ0) is 35.4. The summed E-state index contributed by atoms with van der Waals surface area (Å²) in [6.45, 7) is 8.41. The van der Waals surface area contributed by atoms with E-state index in [1.165, 1.54) is 72.0 Å². The third-order valence-electron chi connectivity index (χ3n) is 10.1. The number of benzene rings is 6. The second kappa shape index (κ2) is 14.4. The Balaban J connectivity index is 1.33. The molecule has 1 heteroatoms. The highest BCUT2D eigenvalue weighted by molar-refractivity contribution is 6.10. The molecule has 0 aliphatic heterocycles. The number of hydrogen-bond donors (Lipinski definition) is 0. The average molecular weight is 668 g/mol. The Kier molecular flexibility index (Phi) is 9.08. The van der Waals surface area contributed by atoms with Crippen LogP contribution in [-0.4, -0.2) is 4.57 Å². The maximum absolute atomic E-state index is 4.19. The van der Waals surface area contributed by atoms with Crippen LogP contribution in [0.25, 0.3) is 55.8 Å². The van der Waals surface area contributed by atoms with Crippen molar-refractivity contribution in [2.24, 2.45) is 0 Å². The van der Waals surface area contributed by atoms with Crippen LogP contribution in [-0.2, 0) is 6.42 Å². The first-order valence-corrected chi connectivity index (χ1v) is 18.1. The number of aromatic nitrogens is 1. The summed E-state index contributed by atoms with van der Waals surface area (Å²) in [5, 5.41) is 2.50. The van der Waals surface area contributed by atoms with E-state index in [4.69, 9.17) is 0 Å². The number of fused-ring (bicyclic) bond motifs is 5. The molecule has 1 aliphatic carbocycles. The normalized spacial score (nSPS) is 16.3. The van der Waals surface area contributed by atoms with Crippen molar-refractivity contribution >= 4 is 39.0 Å². The van der Waals surface area contributed by atoms with Crippen LogP contribution < -0.4 is 0 Å². The lowest BCUT2D eigenvalue weighted by Crippen LogP contribution is -1.99. The van der Waals surface area contributed by atoms with Gasteiger partial charge in [-0.05, 0) is 124 Å². The van der Waals surface area contributed by atoms with Gasteiger partial charge in [-0.2, -0.15) is 0 Å². The van der Waals surface area contributed by atoms with Crippen LogP contribution in [0.4, 0.5) is 0 Å². The summed E-state index contributed by atoms with van der Waals surface area (Å²) in [6.07, 6.45) is 16.1. The molecule has 7 aromatic rings. The van der Waals surface area contributed by atoms with Crippen molar-refractivity contribution in [3.8, 4) is 16.8 Å². The molecule has 0 saturated carbocycles. The average Bonchev–Trinajstić information content (AvgIpc) is 3.54. The summed E-state index contributed by atoms with van der Waals surface area (Å²) in [5.41, 5.74) is 16.9. The molecule has 0 unspecified atom stereocenters. The smallest absolute Gasteiger partial charge is 0.0541 e. The largest absolute Gasteiger partial charge is 0.309 e. The molecule has 1 aliphatic rings. The molecule has 0 bridgehead atoms. The molecule has 6 aromatic carbocycles. The molecule has 1 nitrogen and oxygen atoms in total. The lowest BCUT2D eigenvalue weighted by atomic mass is 9.83. The minimum atomic E-state index is 0.851. The summed E-state index contributed by atoms with van der Waals surface area (Å²) >= 11 is 0. The number of nitrogens with zero attached hydrogens (tertiary/aromatic N) is 1. The van der Waals surface area contributed by atoms with E-state index in [1.807, 2.05) is 6.08 Å². The minimum Gasteiger partial charge on any atom is -0.309 e. The zero-order valence-electron chi connectivity index (χ0n) is 29.8. The Morgan fingerprint density at radius 2 is 1.21 bits per heavy atom. The van der Waals surface area contributed by atoms with E-state index in [0.717, 1.165) is 23.1 Å². The summed E-state index contributed by atoms with van der Waals surface area (Å²) in [5.74, 6) is 0. The van der Waals surface area contributed by atoms with E-state index in [0.29, 0.717) is 0 Å². The number of allylic oxidation sites excluding steroid dienone is 10. The third-order valence-corrected chi connectivity index (χ3v) is 10.1. The zero-order valence-corrected chi connectivity index (χ0v) is 29.8. The van der Waals surface area contributed by atoms with Crippen LogP contribution in [0, 0.1) is 0 Å². The number of hydrogen-bond acceptors (Lipinski definition) is 0. The van der Waals surface area contributed by atoms with E-state index < -0.39 is 0 Å². The second-order valence-corrected chi connectivity index (χ2v) is 13.2. The predicted molar refractivity (Wildman–Crippen MR) is 225 cm³/mol. The lowest BCUT2D eigenvalue weighted by Gasteiger charge is -2.20. The first-order chi connectivity index (χ1) is 25.7. The van der Waals surface area contributed by atoms with Gasteiger partial charge in [0.05, 0.1) is 11.0 Å². The van der Waals surface area contributed by atoms with Crippen LogP contribution >= 0.6 is 0 Å². The van der Waals surface area contributed by atoms with Gasteiger partial charge >= 0.3 is 0 Å². The van der Waals surface area contributed by atoms with E-state index >= 15 is 0 Å². The molecule has 1 heterocycles. The third kappa shape index (κ3) is 6.01. The summed E-state index contributed by atoms with van der Waals surface area (Å²) in [7, 11) is 0. The van der Waals surface area contributed by atoms with Crippen molar-refractivity contribution in [1.82, 2.24) is 4.57 Å². The standard InChI is InChI=1S/C51H41N/c1-4-7-25-46-44-27-14-12-21-40(44)34-39-20-11-13-26-43(39)42(6-3)45(18-5-2)48(46)33-36-19-17-22-37(32-36)38-30-31-51-49(35-38)47-28-15-16-29-50(47)52(51)41-23-9-8-10-24-41/h4-33,35H,2,34H2,1,3H3/b7-4?,42-6-,45-18+,46-25-,48-33-. The van der Waals surface area contributed by atoms with Crippen molar-refractivity contribution in [2.45, 2.75) is 20.3 Å². The van der Waals surface area contributed by atoms with Crippen molar-refractivity contribution in [3.63, 3.8) is 0 Å². The summed E-state index contributed by atoms with van der Waals surface area (Å²) in [4.78, 5) is 0. The molecule has 1 aromatic heterocycles. The Morgan fingerprint density at radius 1 is 0.538 bits per heavy atom. The highest BCUT2D eigenvalue weighted by Crippen LogP contribution is 2.43. The second-order valence-electron chi connectivity index (χ2n) is 13.2. The lowest BCUT2D eigenvalue weighted by molar-refractivity contribution is 1.17. The van der Waals surface area contributed by atoms with Gasteiger partial charge in [0.1, 0.15) is 0 Å². The molecule has 0 N–H and O–H groups in total. The molecule has 0 amide bonds. The minimum absolute atomic E-state index is 0.851. The van der Waals surface area contributed by atoms with Crippen LogP contribution in [0.5, 0.6) is 0 Å². The van der Waals surface area contributed by atoms with Crippen LogP contribution in [0.2, 0.25) is 0 Å². The molecule has 8 rings (SSSR count). The Morgan fingerprint density at radius 3 is 1.96 bits per heavy atom. The predicted octanol–water partition coefficient (Wildman–Crippen LogP) is 13.6. The van der Waals surface area contributed by atoms with Crippen molar-refractivity contribution < 1.29 is 0 Å². The first kappa shape index (κ1) is 32.7. The molecule has 0 spiro atoms. The molecule has 0 radical (unpaired) electrons. The maximum atomic E-state index is 4.19. The molecular formula is C51H41N. The Labute approximate surface area is 307 Å². The van der Waals surface area contributed by atoms with Crippen molar-refractivity contribution in [3.05, 3.63) is 228 Å². The van der Waals surface area contributed by atoms with Crippen LogP contribution in [0.15, 0.2) is 200 Å². The molecule has 0 saturated heterocycles. The van der Waals surface area contributed by atoms with Gasteiger partial charge < -0.3 is 4.57 Å². The SMILES string of the molecule is C=C/C=C1/C(=C/c2cccc(-c3ccc4c(c3)c3ccccc3n4-c3ccccc3)c2)/C(=C\C=CC)c2ccccc2Cc2ccccc2/C1=C/C. The molecule has 250 valence electrons. The molecular weight excluding hydrogens is 627 g/mol. The van der Waals surface area contributed by atoms with E-state index in [1.54, 1.807) is 0 Å². The fourth-order valence-corrected chi connectivity index (χ4v) is 7.78. The van der Waals surface area contributed by atoms with Crippen molar-refractivity contribution in [1.29, 1.82) is 0 Å².